The van der Waals surface area contributed by atoms with Crippen LogP contribution in [0.25, 0.3) is 0 Å². The van der Waals surface area contributed by atoms with Crippen LogP contribution in [0, 0.1) is 17.2 Å². The van der Waals surface area contributed by atoms with Crippen LogP contribution in [-0.4, -0.2) is 49.0 Å². The SMILES string of the molecule is CCN(CC(C)C(=N)N)S(=O)(=O)N1CCC(C)CC1. The van der Waals surface area contributed by atoms with Crippen molar-refractivity contribution in [3.8, 4) is 0 Å². The van der Waals surface area contributed by atoms with Crippen LogP contribution < -0.4 is 5.73 Å². The predicted molar refractivity (Wildman–Crippen MR) is 77.2 cm³/mol. The molecule has 0 radical (unpaired) electrons. The van der Waals surface area contributed by atoms with Gasteiger partial charge in [0, 0.05) is 32.1 Å². The molecule has 1 fully saturated rings. The van der Waals surface area contributed by atoms with Crippen molar-refractivity contribution >= 4 is 16.0 Å². The van der Waals surface area contributed by atoms with Crippen molar-refractivity contribution < 1.29 is 8.42 Å². The first-order valence-electron chi connectivity index (χ1n) is 6.88. The molecule has 1 unspecified atom stereocenters. The fourth-order valence-corrected chi connectivity index (χ4v) is 3.91. The first-order valence-corrected chi connectivity index (χ1v) is 8.27. The molecule has 19 heavy (non-hydrogen) atoms. The van der Waals surface area contributed by atoms with Crippen LogP contribution in [0.4, 0.5) is 0 Å². The van der Waals surface area contributed by atoms with E-state index in [1.807, 2.05) is 6.92 Å². The molecule has 112 valence electrons. The highest BCUT2D eigenvalue weighted by molar-refractivity contribution is 7.86. The Bertz CT molecular complexity index is 402. The Balaban J connectivity index is 2.75. The highest BCUT2D eigenvalue weighted by Gasteiger charge is 2.32. The van der Waals surface area contributed by atoms with Gasteiger partial charge in [0.25, 0.3) is 10.2 Å². The minimum absolute atomic E-state index is 0.0286. The molecule has 7 heteroatoms. The fraction of sp³-hybridized carbons (Fsp3) is 0.917. The first kappa shape index (κ1) is 16.4. The largest absolute Gasteiger partial charge is 0.387 e. The van der Waals surface area contributed by atoms with Crippen LogP contribution in [0.15, 0.2) is 0 Å². The van der Waals surface area contributed by atoms with E-state index in [2.05, 4.69) is 6.92 Å². The second kappa shape index (κ2) is 6.67. The third kappa shape index (κ3) is 4.15. The fourth-order valence-electron chi connectivity index (χ4n) is 2.17. The monoisotopic (exact) mass is 290 g/mol. The minimum atomic E-state index is -3.41. The third-order valence-corrected chi connectivity index (χ3v) is 5.83. The summed E-state index contributed by atoms with van der Waals surface area (Å²) in [6, 6.07) is 0. The van der Waals surface area contributed by atoms with Gasteiger partial charge < -0.3 is 5.73 Å². The molecule has 0 aromatic heterocycles. The molecule has 0 amide bonds. The number of nitrogens with two attached hydrogens (primary N) is 1. The molecule has 0 spiro atoms. The minimum Gasteiger partial charge on any atom is -0.387 e. The zero-order chi connectivity index (χ0) is 14.6. The van der Waals surface area contributed by atoms with E-state index in [9.17, 15) is 8.42 Å². The maximum atomic E-state index is 12.5. The van der Waals surface area contributed by atoms with Crippen molar-refractivity contribution in [3.63, 3.8) is 0 Å². The van der Waals surface area contributed by atoms with Crippen LogP contribution in [0.5, 0.6) is 0 Å². The van der Waals surface area contributed by atoms with E-state index in [-0.39, 0.29) is 18.3 Å². The number of nitrogens with zero attached hydrogens (tertiary/aromatic N) is 2. The molecule has 1 aliphatic rings. The van der Waals surface area contributed by atoms with Gasteiger partial charge >= 0.3 is 0 Å². The van der Waals surface area contributed by atoms with Crippen molar-refractivity contribution in [3.05, 3.63) is 0 Å². The average molecular weight is 290 g/mol. The van der Waals surface area contributed by atoms with Crippen LogP contribution in [0.2, 0.25) is 0 Å². The topological polar surface area (TPSA) is 90.5 Å². The van der Waals surface area contributed by atoms with Gasteiger partial charge in [0.15, 0.2) is 0 Å². The zero-order valence-electron chi connectivity index (χ0n) is 12.1. The molecule has 0 saturated carbocycles. The maximum Gasteiger partial charge on any atom is 0.281 e. The van der Waals surface area contributed by atoms with Crippen molar-refractivity contribution in [1.29, 1.82) is 5.41 Å². The van der Waals surface area contributed by atoms with Gasteiger partial charge in [-0.15, -0.1) is 0 Å². The quantitative estimate of drug-likeness (QED) is 0.561. The Morgan fingerprint density at radius 1 is 1.47 bits per heavy atom. The van der Waals surface area contributed by atoms with E-state index >= 15 is 0 Å². The molecule has 1 heterocycles. The van der Waals surface area contributed by atoms with Gasteiger partial charge in [-0.2, -0.15) is 17.0 Å². The second-order valence-corrected chi connectivity index (χ2v) is 7.32. The molecule has 3 N–H and O–H groups in total. The zero-order valence-corrected chi connectivity index (χ0v) is 12.9. The van der Waals surface area contributed by atoms with Gasteiger partial charge in [0.05, 0.1) is 5.84 Å². The van der Waals surface area contributed by atoms with Gasteiger partial charge in [-0.3, -0.25) is 5.41 Å². The van der Waals surface area contributed by atoms with Crippen molar-refractivity contribution in [2.45, 2.75) is 33.6 Å². The lowest BCUT2D eigenvalue weighted by Crippen LogP contribution is -2.49. The Morgan fingerprint density at radius 3 is 2.42 bits per heavy atom. The van der Waals surface area contributed by atoms with Crippen LogP contribution in [0.1, 0.15) is 33.6 Å². The smallest absolute Gasteiger partial charge is 0.281 e. The van der Waals surface area contributed by atoms with E-state index < -0.39 is 10.2 Å². The second-order valence-electron chi connectivity index (χ2n) is 5.40. The van der Waals surface area contributed by atoms with E-state index in [4.69, 9.17) is 11.1 Å². The summed E-state index contributed by atoms with van der Waals surface area (Å²) in [5.74, 6) is 0.372. The number of hydrogen-bond donors (Lipinski definition) is 2. The number of nitrogens with one attached hydrogen (secondary N) is 1. The molecule has 0 aromatic carbocycles. The summed E-state index contributed by atoms with van der Waals surface area (Å²) in [4.78, 5) is 0. The summed E-state index contributed by atoms with van der Waals surface area (Å²) < 4.78 is 28.0. The van der Waals surface area contributed by atoms with Gasteiger partial charge in [-0.05, 0) is 18.8 Å². The molecule has 6 nitrogen and oxygen atoms in total. The molecule has 1 rings (SSSR count). The lowest BCUT2D eigenvalue weighted by atomic mass is 10.0. The van der Waals surface area contributed by atoms with Gasteiger partial charge in [-0.1, -0.05) is 20.8 Å². The normalized spacial score (nSPS) is 20.6. The number of piperidine rings is 1. The molecular formula is C12H26N4O2S. The Hall–Kier alpha value is -0.660. The average Bonchev–Trinajstić information content (AvgIpc) is 2.35. The molecule has 1 aliphatic heterocycles. The summed E-state index contributed by atoms with van der Waals surface area (Å²) in [7, 11) is -3.41. The van der Waals surface area contributed by atoms with Gasteiger partial charge in [0.2, 0.25) is 0 Å². The lowest BCUT2D eigenvalue weighted by molar-refractivity contribution is 0.263. The summed E-state index contributed by atoms with van der Waals surface area (Å²) in [5, 5.41) is 7.39. The molecule has 1 saturated heterocycles. The highest BCUT2D eigenvalue weighted by Crippen LogP contribution is 2.21. The summed E-state index contributed by atoms with van der Waals surface area (Å²) in [6.45, 7) is 7.62. The van der Waals surface area contributed by atoms with E-state index in [1.54, 1.807) is 11.2 Å². The van der Waals surface area contributed by atoms with Crippen LogP contribution in [0.3, 0.4) is 0 Å². The van der Waals surface area contributed by atoms with E-state index in [0.29, 0.717) is 25.6 Å². The van der Waals surface area contributed by atoms with E-state index in [0.717, 1.165) is 12.8 Å². The van der Waals surface area contributed by atoms with Crippen molar-refractivity contribution in [2.24, 2.45) is 17.6 Å². The van der Waals surface area contributed by atoms with Crippen LogP contribution >= 0.6 is 0 Å². The molecular weight excluding hydrogens is 264 g/mol. The summed E-state index contributed by atoms with van der Waals surface area (Å²) >= 11 is 0. The Kier molecular flexibility index (Phi) is 5.76. The Morgan fingerprint density at radius 2 is 2.00 bits per heavy atom. The summed E-state index contributed by atoms with van der Waals surface area (Å²) in [6.07, 6.45) is 1.83. The maximum absolute atomic E-state index is 12.5. The van der Waals surface area contributed by atoms with Crippen molar-refractivity contribution in [2.75, 3.05) is 26.2 Å². The highest BCUT2D eigenvalue weighted by atomic mass is 32.2. The summed E-state index contributed by atoms with van der Waals surface area (Å²) in [5.41, 5.74) is 5.43. The first-order chi connectivity index (χ1) is 8.78. The van der Waals surface area contributed by atoms with E-state index in [1.165, 1.54) is 4.31 Å². The van der Waals surface area contributed by atoms with Crippen molar-refractivity contribution in [1.82, 2.24) is 8.61 Å². The number of amidine groups is 1. The molecule has 0 aromatic rings. The van der Waals surface area contributed by atoms with Crippen LogP contribution in [-0.2, 0) is 10.2 Å². The third-order valence-electron chi connectivity index (χ3n) is 3.76. The van der Waals surface area contributed by atoms with Gasteiger partial charge in [0.1, 0.15) is 0 Å². The number of rotatable bonds is 6. The standard InChI is InChI=1S/C12H26N4O2S/c1-4-15(9-11(3)12(13)14)19(17,18)16-7-5-10(2)6-8-16/h10-11H,4-9H2,1-3H3,(H3,13,14). The lowest BCUT2D eigenvalue weighted by Gasteiger charge is -2.34. The predicted octanol–water partition coefficient (Wildman–Crippen LogP) is 0.857. The number of hydrogen-bond acceptors (Lipinski definition) is 3. The molecule has 1 atom stereocenters. The molecule has 0 bridgehead atoms. The van der Waals surface area contributed by atoms with Gasteiger partial charge in [-0.25, -0.2) is 0 Å². The molecule has 0 aliphatic carbocycles. The Labute approximate surface area is 116 Å².